The van der Waals surface area contributed by atoms with E-state index in [9.17, 15) is 9.18 Å². The predicted molar refractivity (Wildman–Crippen MR) is 125 cm³/mol. The van der Waals surface area contributed by atoms with Crippen molar-refractivity contribution >= 4 is 23.1 Å². The second kappa shape index (κ2) is 10.9. The largest absolute Gasteiger partial charge is 0.382 e. The Morgan fingerprint density at radius 3 is 2.62 bits per heavy atom. The highest BCUT2D eigenvalue weighted by atomic mass is 19.1. The Morgan fingerprint density at radius 1 is 1.25 bits per heavy atom. The zero-order chi connectivity index (χ0) is 23.1. The summed E-state index contributed by atoms with van der Waals surface area (Å²) in [4.78, 5) is 27.8. The molecule has 2 heterocycles. The minimum Gasteiger partial charge on any atom is -0.382 e. The van der Waals surface area contributed by atoms with Gasteiger partial charge in [-0.1, -0.05) is 38.8 Å². The highest BCUT2D eigenvalue weighted by molar-refractivity contribution is 6.01. The number of benzene rings is 1. The Hall–Kier alpha value is -3.27. The highest BCUT2D eigenvalue weighted by Crippen LogP contribution is 2.32. The monoisotopic (exact) mass is 435 g/mol. The van der Waals surface area contributed by atoms with E-state index in [1.807, 2.05) is 13.8 Å². The first-order valence-electron chi connectivity index (χ1n) is 11.2. The number of aliphatic imine (C=N–C) groups is 1. The number of hydrogen-bond acceptors (Lipinski definition) is 5. The van der Waals surface area contributed by atoms with Crippen LogP contribution in [0.25, 0.3) is 0 Å². The van der Waals surface area contributed by atoms with Gasteiger partial charge in [-0.3, -0.25) is 4.79 Å². The van der Waals surface area contributed by atoms with Crippen molar-refractivity contribution in [3.63, 3.8) is 0 Å². The molecule has 1 aliphatic rings. The lowest BCUT2D eigenvalue weighted by Crippen LogP contribution is -2.30. The van der Waals surface area contributed by atoms with E-state index in [1.165, 1.54) is 12.1 Å². The van der Waals surface area contributed by atoms with Crippen LogP contribution >= 0.6 is 0 Å². The summed E-state index contributed by atoms with van der Waals surface area (Å²) in [5.41, 5.74) is 8.65. The fourth-order valence-corrected chi connectivity index (χ4v) is 3.61. The van der Waals surface area contributed by atoms with Gasteiger partial charge in [0.05, 0.1) is 5.69 Å². The van der Waals surface area contributed by atoms with Gasteiger partial charge in [0.25, 0.3) is 5.91 Å². The summed E-state index contributed by atoms with van der Waals surface area (Å²) in [7, 11) is 0. The molecule has 1 amide bonds. The molecule has 168 valence electrons. The van der Waals surface area contributed by atoms with Crippen molar-refractivity contribution in [2.24, 2.45) is 4.99 Å². The number of nitrogens with two attached hydrogens (primary N) is 1. The quantitative estimate of drug-likeness (QED) is 0.562. The molecule has 2 aromatic rings. The van der Waals surface area contributed by atoms with Gasteiger partial charge in [0.1, 0.15) is 11.5 Å². The number of rotatable bonds is 4. The second-order valence-corrected chi connectivity index (χ2v) is 8.14. The minimum absolute atomic E-state index is 0.0567. The van der Waals surface area contributed by atoms with Crippen molar-refractivity contribution in [3.05, 3.63) is 47.2 Å². The van der Waals surface area contributed by atoms with E-state index in [0.717, 1.165) is 45.2 Å². The van der Waals surface area contributed by atoms with Crippen LogP contribution in [0.15, 0.2) is 29.3 Å². The summed E-state index contributed by atoms with van der Waals surface area (Å²) in [6.07, 6.45) is 5.12. The predicted octanol–water partition coefficient (Wildman–Crippen LogP) is 4.61. The first kappa shape index (κ1) is 23.4. The van der Waals surface area contributed by atoms with Gasteiger partial charge >= 0.3 is 0 Å². The molecular weight excluding hydrogens is 405 g/mol. The number of likely N-dealkylation sites (tertiary alicyclic amines) is 1. The van der Waals surface area contributed by atoms with Crippen LogP contribution in [0.3, 0.4) is 0 Å². The minimum atomic E-state index is -0.330. The molecule has 0 saturated carbocycles. The van der Waals surface area contributed by atoms with Crippen LogP contribution in [0.4, 0.5) is 15.9 Å². The van der Waals surface area contributed by atoms with Gasteiger partial charge in [0.2, 0.25) is 5.82 Å². The third kappa shape index (κ3) is 5.91. The van der Waals surface area contributed by atoms with Crippen LogP contribution < -0.4 is 5.73 Å². The van der Waals surface area contributed by atoms with Gasteiger partial charge in [-0.15, -0.1) is 0 Å². The molecule has 1 aliphatic heterocycles. The second-order valence-electron chi connectivity index (χ2n) is 8.14. The first-order valence-corrected chi connectivity index (χ1v) is 11.2. The van der Waals surface area contributed by atoms with E-state index in [2.05, 4.69) is 26.8 Å². The summed E-state index contributed by atoms with van der Waals surface area (Å²) < 4.78 is 13.6. The third-order valence-corrected chi connectivity index (χ3v) is 5.71. The lowest BCUT2D eigenvalue weighted by Gasteiger charge is -2.16. The third-order valence-electron chi connectivity index (χ3n) is 5.71. The van der Waals surface area contributed by atoms with Crippen LogP contribution in [0.5, 0.6) is 0 Å². The fraction of sp³-hybridized carbons (Fsp3) is 0.440. The molecule has 1 aromatic carbocycles. The Morgan fingerprint density at radius 2 is 1.97 bits per heavy atom. The molecule has 1 unspecified atom stereocenters. The molecule has 0 radical (unpaired) electrons. The average molecular weight is 436 g/mol. The zero-order valence-corrected chi connectivity index (χ0v) is 19.0. The van der Waals surface area contributed by atoms with E-state index in [-0.39, 0.29) is 29.3 Å². The molecule has 0 bridgehead atoms. The molecule has 2 N–H and O–H groups in total. The maximum Gasteiger partial charge on any atom is 0.298 e. The molecule has 0 spiro atoms. The van der Waals surface area contributed by atoms with Gasteiger partial charge in [-0.2, -0.15) is 0 Å². The molecule has 6 nitrogen and oxygen atoms in total. The van der Waals surface area contributed by atoms with Crippen LogP contribution in [-0.4, -0.2) is 39.6 Å². The van der Waals surface area contributed by atoms with Gasteiger partial charge in [-0.05, 0) is 49.8 Å². The van der Waals surface area contributed by atoms with Crippen LogP contribution in [-0.2, 0) is 4.79 Å². The fourth-order valence-electron chi connectivity index (χ4n) is 3.61. The van der Waals surface area contributed by atoms with Crippen LogP contribution in [0.1, 0.15) is 75.9 Å². The van der Waals surface area contributed by atoms with Gasteiger partial charge in [0.15, 0.2) is 5.82 Å². The molecule has 1 atom stereocenters. The molecule has 0 aliphatic carbocycles. The van der Waals surface area contributed by atoms with Gasteiger partial charge < -0.3 is 10.6 Å². The number of halogens is 1. The van der Waals surface area contributed by atoms with E-state index in [1.54, 1.807) is 24.0 Å². The number of anilines is 1. The maximum atomic E-state index is 13.6. The molecule has 1 aromatic heterocycles. The zero-order valence-electron chi connectivity index (χ0n) is 19.0. The van der Waals surface area contributed by atoms with E-state index < -0.39 is 0 Å². The van der Waals surface area contributed by atoms with Gasteiger partial charge in [0, 0.05) is 30.6 Å². The molecule has 1 fully saturated rings. The van der Waals surface area contributed by atoms with Crippen molar-refractivity contribution in [1.82, 2.24) is 14.9 Å². The number of carbonyl (C=O) groups is 1. The Balaban J connectivity index is 1.94. The number of nitrogens with zero attached hydrogens (tertiary/aromatic N) is 4. The van der Waals surface area contributed by atoms with Crippen molar-refractivity contribution < 1.29 is 9.18 Å². The SMILES string of the molecule is CCC(C)c1nc(C#CC(=O)N2CCCCCC2)nc(N)c1N=C(C)c1cccc(F)c1. The lowest BCUT2D eigenvalue weighted by molar-refractivity contribution is -0.125. The normalized spacial score (nSPS) is 15.5. The number of amides is 1. The molecule has 1 saturated heterocycles. The Labute approximate surface area is 189 Å². The molecule has 7 heteroatoms. The van der Waals surface area contributed by atoms with Crippen molar-refractivity contribution in [1.29, 1.82) is 0 Å². The van der Waals surface area contributed by atoms with E-state index in [0.29, 0.717) is 22.7 Å². The van der Waals surface area contributed by atoms with E-state index >= 15 is 0 Å². The van der Waals surface area contributed by atoms with Crippen LogP contribution in [0, 0.1) is 17.7 Å². The summed E-state index contributed by atoms with van der Waals surface area (Å²) in [6, 6.07) is 6.24. The smallest absolute Gasteiger partial charge is 0.298 e. The van der Waals surface area contributed by atoms with E-state index in [4.69, 9.17) is 5.73 Å². The first-order chi connectivity index (χ1) is 15.4. The maximum absolute atomic E-state index is 13.6. The lowest BCUT2D eigenvalue weighted by atomic mass is 10.0. The number of aromatic nitrogens is 2. The highest BCUT2D eigenvalue weighted by Gasteiger charge is 2.18. The molecule has 32 heavy (non-hydrogen) atoms. The Kier molecular flexibility index (Phi) is 7.93. The number of hydrogen-bond donors (Lipinski definition) is 1. The van der Waals surface area contributed by atoms with Crippen molar-refractivity contribution in [3.8, 4) is 11.8 Å². The van der Waals surface area contributed by atoms with Crippen molar-refractivity contribution in [2.45, 2.75) is 58.8 Å². The van der Waals surface area contributed by atoms with Crippen LogP contribution in [0.2, 0.25) is 0 Å². The number of carbonyl (C=O) groups excluding carboxylic acids is 1. The topological polar surface area (TPSA) is 84.5 Å². The number of nitrogen functional groups attached to an aromatic ring is 1. The summed E-state index contributed by atoms with van der Waals surface area (Å²) in [6.45, 7) is 7.34. The standard InChI is InChI=1S/C25H30FN5O/c1-4-17(2)23-24(28-18(3)19-10-9-11-20(26)16-19)25(27)30-21(29-23)12-13-22(32)31-14-7-5-6-8-15-31/h9-11,16-17H,4-8,14-15H2,1-3H3,(H2,27,29,30). The summed E-state index contributed by atoms with van der Waals surface area (Å²) in [5.74, 6) is 5.40. The van der Waals surface area contributed by atoms with Gasteiger partial charge in [-0.25, -0.2) is 19.4 Å². The van der Waals surface area contributed by atoms with Crippen molar-refractivity contribution in [2.75, 3.05) is 18.8 Å². The Bertz CT molecular complexity index is 1060. The summed E-state index contributed by atoms with van der Waals surface area (Å²) >= 11 is 0. The average Bonchev–Trinajstić information content (AvgIpc) is 3.08. The molecular formula is C25H30FN5O. The summed E-state index contributed by atoms with van der Waals surface area (Å²) in [5, 5.41) is 0. The molecule has 3 rings (SSSR count).